The molecule has 2 aromatic heterocycles. The Balaban J connectivity index is 1.67. The second-order valence-corrected chi connectivity index (χ2v) is 9.45. The van der Waals surface area contributed by atoms with Gasteiger partial charge in [-0.2, -0.15) is 0 Å². The van der Waals surface area contributed by atoms with Crippen molar-refractivity contribution < 1.29 is 9.84 Å². The summed E-state index contributed by atoms with van der Waals surface area (Å²) in [6.45, 7) is 7.17. The maximum atomic E-state index is 9.94. The normalized spacial score (nSPS) is 12.8. The van der Waals surface area contributed by atoms with Crippen molar-refractivity contribution in [3.63, 3.8) is 0 Å². The number of fused-ring (bicyclic) bond motifs is 1. The smallest absolute Gasteiger partial charge is 0.129 e. The molecule has 0 spiro atoms. The average Bonchev–Trinajstić information content (AvgIpc) is 2.85. The largest absolute Gasteiger partial charge is 0.493 e. The van der Waals surface area contributed by atoms with E-state index in [0.29, 0.717) is 13.0 Å². The van der Waals surface area contributed by atoms with E-state index in [1.807, 2.05) is 6.20 Å². The second kappa shape index (κ2) is 8.47. The van der Waals surface area contributed by atoms with Crippen LogP contribution in [0.1, 0.15) is 27.8 Å². The summed E-state index contributed by atoms with van der Waals surface area (Å²) in [6, 6.07) is 19.1. The van der Waals surface area contributed by atoms with E-state index in [-0.39, 0.29) is 6.61 Å². The highest BCUT2D eigenvalue weighted by atomic mass is 16.5. The topological polar surface area (TPSA) is 55.2 Å². The minimum absolute atomic E-state index is 0.0884. The van der Waals surface area contributed by atoms with Crippen LogP contribution in [0.2, 0.25) is 0 Å². The van der Waals surface area contributed by atoms with Gasteiger partial charge < -0.3 is 9.84 Å². The van der Waals surface area contributed by atoms with Crippen LogP contribution in [0, 0.1) is 20.8 Å². The van der Waals surface area contributed by atoms with Gasteiger partial charge in [-0.25, -0.2) is 4.98 Å². The summed E-state index contributed by atoms with van der Waals surface area (Å²) in [7, 11) is 0. The molecule has 4 nitrogen and oxygen atoms in total. The Labute approximate surface area is 205 Å². The number of aliphatic hydroxyl groups is 1. The van der Waals surface area contributed by atoms with Gasteiger partial charge in [-0.3, -0.25) is 4.98 Å². The number of rotatable bonds is 4. The molecule has 0 atom stereocenters. The molecule has 0 saturated heterocycles. The van der Waals surface area contributed by atoms with Crippen LogP contribution in [0.3, 0.4) is 0 Å². The first-order valence-electron chi connectivity index (χ1n) is 12.2. The minimum Gasteiger partial charge on any atom is -0.493 e. The summed E-state index contributed by atoms with van der Waals surface area (Å²) in [4.78, 5) is 9.97. The number of aliphatic hydroxyl groups excluding tert-OH is 1. The molecule has 3 aromatic carbocycles. The van der Waals surface area contributed by atoms with Crippen LogP contribution in [0.15, 0.2) is 60.8 Å². The van der Waals surface area contributed by atoms with Crippen molar-refractivity contribution in [2.24, 2.45) is 0 Å². The molecule has 0 unspecified atom stereocenters. The van der Waals surface area contributed by atoms with E-state index in [9.17, 15) is 5.11 Å². The van der Waals surface area contributed by atoms with E-state index < -0.39 is 0 Å². The summed E-state index contributed by atoms with van der Waals surface area (Å²) < 4.78 is 5.97. The van der Waals surface area contributed by atoms with Crippen LogP contribution in [-0.4, -0.2) is 28.3 Å². The zero-order valence-electron chi connectivity index (χ0n) is 20.4. The summed E-state index contributed by atoms with van der Waals surface area (Å²) in [5.41, 5.74) is 12.2. The van der Waals surface area contributed by atoms with Crippen LogP contribution in [0.25, 0.3) is 44.2 Å². The molecule has 0 bridgehead atoms. The van der Waals surface area contributed by atoms with Crippen molar-refractivity contribution in [2.75, 3.05) is 13.2 Å². The number of hydrogen-bond donors (Lipinski definition) is 1. The lowest BCUT2D eigenvalue weighted by Gasteiger charge is -2.22. The van der Waals surface area contributed by atoms with Crippen LogP contribution >= 0.6 is 0 Å². The van der Waals surface area contributed by atoms with E-state index in [4.69, 9.17) is 14.7 Å². The molecule has 5 aromatic rings. The fraction of sp³-hybridized carbons (Fsp3) is 0.226. The molecule has 1 aliphatic heterocycles. The standard InChI is InChI=1S/C31H28N2O2/c1-18-5-4-6-19(2)28(18)25-9-7-23-26(33-25)17-20(3)22(12-15-34)30(23)24-8-10-27-29-21(13-16-35-27)11-14-32-31(24)29/h4-11,14,17,34H,12-13,15-16H2,1-3H3. The van der Waals surface area contributed by atoms with Gasteiger partial charge in [0.1, 0.15) is 5.75 Å². The molecule has 1 N–H and O–H groups in total. The van der Waals surface area contributed by atoms with Gasteiger partial charge in [-0.05, 0) is 90.9 Å². The Morgan fingerprint density at radius 1 is 0.914 bits per heavy atom. The minimum atomic E-state index is 0.0884. The van der Waals surface area contributed by atoms with E-state index in [2.05, 4.69) is 75.4 Å². The molecule has 1 aliphatic rings. The van der Waals surface area contributed by atoms with Gasteiger partial charge in [0.2, 0.25) is 0 Å². The van der Waals surface area contributed by atoms with Crippen molar-refractivity contribution >= 4 is 21.8 Å². The Morgan fingerprint density at radius 3 is 2.54 bits per heavy atom. The molecular weight excluding hydrogens is 432 g/mol. The van der Waals surface area contributed by atoms with Gasteiger partial charge >= 0.3 is 0 Å². The lowest BCUT2D eigenvalue weighted by molar-refractivity contribution is 0.299. The van der Waals surface area contributed by atoms with Gasteiger partial charge in [-0.15, -0.1) is 0 Å². The molecule has 0 radical (unpaired) electrons. The summed E-state index contributed by atoms with van der Waals surface area (Å²) in [6.07, 6.45) is 3.36. The van der Waals surface area contributed by atoms with Gasteiger partial charge in [0.25, 0.3) is 0 Å². The van der Waals surface area contributed by atoms with Gasteiger partial charge in [0, 0.05) is 41.1 Å². The zero-order valence-corrected chi connectivity index (χ0v) is 20.4. The highest BCUT2D eigenvalue weighted by Crippen LogP contribution is 2.42. The molecule has 3 heterocycles. The Morgan fingerprint density at radius 2 is 1.74 bits per heavy atom. The van der Waals surface area contributed by atoms with E-state index in [1.54, 1.807) is 0 Å². The van der Waals surface area contributed by atoms with E-state index in [0.717, 1.165) is 61.9 Å². The molecule has 0 saturated carbocycles. The SMILES string of the molecule is Cc1cc2nc(-c3c(C)cccc3C)ccc2c(-c2ccc3c4c(ccnc24)CCO3)c1CCO. The van der Waals surface area contributed by atoms with E-state index in [1.165, 1.54) is 22.3 Å². The molecule has 6 rings (SSSR count). The number of pyridine rings is 2. The number of aryl methyl sites for hydroxylation is 3. The molecule has 35 heavy (non-hydrogen) atoms. The number of nitrogens with zero attached hydrogens (tertiary/aromatic N) is 2. The molecular formula is C31H28N2O2. The van der Waals surface area contributed by atoms with Crippen LogP contribution in [0.5, 0.6) is 5.75 Å². The Bertz CT molecular complexity index is 1590. The van der Waals surface area contributed by atoms with Crippen molar-refractivity contribution in [3.05, 3.63) is 88.6 Å². The maximum absolute atomic E-state index is 9.94. The summed E-state index contributed by atoms with van der Waals surface area (Å²) in [5, 5.41) is 12.1. The third-order valence-corrected chi connectivity index (χ3v) is 7.26. The van der Waals surface area contributed by atoms with Crippen molar-refractivity contribution in [3.8, 4) is 28.1 Å². The fourth-order valence-corrected chi connectivity index (χ4v) is 5.65. The Hall–Kier alpha value is -3.76. The first kappa shape index (κ1) is 21.8. The van der Waals surface area contributed by atoms with Crippen LogP contribution in [-0.2, 0) is 12.8 Å². The number of ether oxygens (including phenoxy) is 1. The van der Waals surface area contributed by atoms with Crippen LogP contribution in [0.4, 0.5) is 0 Å². The second-order valence-electron chi connectivity index (χ2n) is 9.45. The van der Waals surface area contributed by atoms with E-state index >= 15 is 0 Å². The Kier molecular flexibility index (Phi) is 5.27. The van der Waals surface area contributed by atoms with Crippen molar-refractivity contribution in [1.29, 1.82) is 0 Å². The predicted molar refractivity (Wildman–Crippen MR) is 142 cm³/mol. The van der Waals surface area contributed by atoms with Gasteiger partial charge in [0.05, 0.1) is 23.3 Å². The monoisotopic (exact) mass is 460 g/mol. The molecule has 0 amide bonds. The summed E-state index contributed by atoms with van der Waals surface area (Å²) >= 11 is 0. The average molecular weight is 461 g/mol. The lowest BCUT2D eigenvalue weighted by Crippen LogP contribution is -2.09. The fourth-order valence-electron chi connectivity index (χ4n) is 5.65. The predicted octanol–water partition coefficient (Wildman–Crippen LogP) is 6.51. The van der Waals surface area contributed by atoms with Crippen molar-refractivity contribution in [1.82, 2.24) is 9.97 Å². The van der Waals surface area contributed by atoms with Crippen molar-refractivity contribution in [2.45, 2.75) is 33.6 Å². The third kappa shape index (κ3) is 3.48. The van der Waals surface area contributed by atoms with Crippen LogP contribution < -0.4 is 4.74 Å². The number of hydrogen-bond acceptors (Lipinski definition) is 4. The zero-order chi connectivity index (χ0) is 24.1. The summed E-state index contributed by atoms with van der Waals surface area (Å²) in [5.74, 6) is 0.897. The molecule has 0 aliphatic carbocycles. The first-order chi connectivity index (χ1) is 17.1. The first-order valence-corrected chi connectivity index (χ1v) is 12.2. The maximum Gasteiger partial charge on any atom is 0.129 e. The molecule has 0 fully saturated rings. The third-order valence-electron chi connectivity index (χ3n) is 7.26. The highest BCUT2D eigenvalue weighted by Gasteiger charge is 2.21. The molecule has 174 valence electrons. The number of benzene rings is 3. The molecule has 4 heteroatoms. The quantitative estimate of drug-likeness (QED) is 0.332. The highest BCUT2D eigenvalue weighted by molar-refractivity contribution is 6.07. The number of aromatic nitrogens is 2. The van der Waals surface area contributed by atoms with Gasteiger partial charge in [0.15, 0.2) is 0 Å². The lowest BCUT2D eigenvalue weighted by atomic mass is 9.87. The van der Waals surface area contributed by atoms with Gasteiger partial charge in [-0.1, -0.05) is 24.3 Å².